The number of hydrogen-bond acceptors (Lipinski definition) is 2. The van der Waals surface area contributed by atoms with E-state index in [1.54, 1.807) is 0 Å². The molecule has 0 amide bonds. The molecule has 1 unspecified atom stereocenters. The fraction of sp³-hybridized carbons (Fsp3) is 0.0476. The van der Waals surface area contributed by atoms with Crippen molar-refractivity contribution in [3.05, 3.63) is 175 Å². The number of pyridine rings is 1. The molecule has 3 heterocycles. The topological polar surface area (TPSA) is 30.2 Å². The summed E-state index contributed by atoms with van der Waals surface area (Å²) in [7, 11) is 0. The van der Waals surface area contributed by atoms with Gasteiger partial charge in [0, 0.05) is 39.8 Å². The molecule has 0 radical (unpaired) electrons. The van der Waals surface area contributed by atoms with Crippen molar-refractivity contribution in [2.24, 2.45) is 4.99 Å². The number of nitrogens with zero attached hydrogens (tertiary/aromatic N) is 3. The van der Waals surface area contributed by atoms with Gasteiger partial charge in [-0.05, 0) is 58.8 Å². The lowest BCUT2D eigenvalue weighted by molar-refractivity contribution is 0.794. The number of rotatable bonds is 4. The summed E-state index contributed by atoms with van der Waals surface area (Å²) in [6, 6.07) is 52.1. The van der Waals surface area contributed by atoms with Crippen molar-refractivity contribution in [1.82, 2.24) is 9.55 Å². The van der Waals surface area contributed by atoms with E-state index in [1.165, 1.54) is 32.8 Å². The zero-order valence-corrected chi connectivity index (χ0v) is 24.9. The molecule has 0 spiro atoms. The highest BCUT2D eigenvalue weighted by molar-refractivity contribution is 6.22. The van der Waals surface area contributed by atoms with Crippen LogP contribution in [0.5, 0.6) is 0 Å². The van der Waals surface area contributed by atoms with Gasteiger partial charge in [0.2, 0.25) is 0 Å². The van der Waals surface area contributed by atoms with Gasteiger partial charge in [-0.15, -0.1) is 0 Å². The molecule has 3 nitrogen and oxygen atoms in total. The van der Waals surface area contributed by atoms with Crippen LogP contribution in [0, 0.1) is 0 Å². The normalized spacial score (nSPS) is 15.9. The molecule has 1 atom stereocenters. The van der Waals surface area contributed by atoms with Gasteiger partial charge in [-0.2, -0.15) is 0 Å². The minimum atomic E-state index is -0.385. The van der Waals surface area contributed by atoms with E-state index in [4.69, 9.17) is 4.99 Å². The number of aromatic nitrogens is 2. The van der Waals surface area contributed by atoms with Crippen molar-refractivity contribution in [2.75, 3.05) is 0 Å². The summed E-state index contributed by atoms with van der Waals surface area (Å²) >= 11 is 0. The van der Waals surface area contributed by atoms with E-state index in [0.29, 0.717) is 0 Å². The van der Waals surface area contributed by atoms with Crippen LogP contribution >= 0.6 is 0 Å². The van der Waals surface area contributed by atoms with E-state index in [1.807, 2.05) is 12.4 Å². The number of hydrogen-bond donors (Lipinski definition) is 0. The maximum absolute atomic E-state index is 5.52. The Hall–Kier alpha value is -5.80. The maximum Gasteiger partial charge on any atom is 0.0779 e. The second kappa shape index (κ2) is 9.87. The Morgan fingerprint density at radius 3 is 2.04 bits per heavy atom. The minimum absolute atomic E-state index is 0.385. The highest BCUT2D eigenvalue weighted by atomic mass is 15.0. The standard InChI is InChI=1S/C42H29N3/c1-42(31-15-6-3-7-16-31)36-24-25-38-39(40(36)44-41(42)29-12-4-2-5-13-29)34-18-10-11-19-37(34)45(38)32-22-20-28(21-23-32)35-27-43-26-30-14-8-9-17-33(30)35/h2-27H,1H3. The van der Waals surface area contributed by atoms with E-state index >= 15 is 0 Å². The number of para-hydroxylation sites is 1. The third-order valence-corrected chi connectivity index (χ3v) is 9.55. The van der Waals surface area contributed by atoms with Crippen LogP contribution in [0.2, 0.25) is 0 Å². The summed E-state index contributed by atoms with van der Waals surface area (Å²) in [5.74, 6) is 0. The number of fused-ring (bicyclic) bond motifs is 6. The molecule has 6 aromatic carbocycles. The first-order valence-corrected chi connectivity index (χ1v) is 15.4. The summed E-state index contributed by atoms with van der Waals surface area (Å²) < 4.78 is 2.38. The van der Waals surface area contributed by atoms with Gasteiger partial charge < -0.3 is 4.57 Å². The first kappa shape index (κ1) is 25.7. The molecule has 0 fully saturated rings. The lowest BCUT2D eigenvalue weighted by Gasteiger charge is -2.29. The molecule has 212 valence electrons. The zero-order valence-electron chi connectivity index (χ0n) is 24.9. The molecule has 9 rings (SSSR count). The summed E-state index contributed by atoms with van der Waals surface area (Å²) in [6.45, 7) is 2.33. The van der Waals surface area contributed by atoms with Gasteiger partial charge in [0.1, 0.15) is 0 Å². The molecule has 3 heteroatoms. The van der Waals surface area contributed by atoms with Crippen LogP contribution in [0.25, 0.3) is 49.4 Å². The highest BCUT2D eigenvalue weighted by Gasteiger charge is 2.42. The second-order valence-corrected chi connectivity index (χ2v) is 12.0. The minimum Gasteiger partial charge on any atom is -0.309 e. The van der Waals surface area contributed by atoms with Crippen LogP contribution in [-0.4, -0.2) is 15.3 Å². The lowest BCUT2D eigenvalue weighted by Crippen LogP contribution is -2.31. The molecule has 1 aliphatic rings. The largest absolute Gasteiger partial charge is 0.309 e. The molecule has 45 heavy (non-hydrogen) atoms. The Bertz CT molecular complexity index is 2410. The van der Waals surface area contributed by atoms with Crippen molar-refractivity contribution in [3.63, 3.8) is 0 Å². The van der Waals surface area contributed by atoms with Crippen molar-refractivity contribution in [2.45, 2.75) is 12.3 Å². The quantitative estimate of drug-likeness (QED) is 0.205. The first-order chi connectivity index (χ1) is 22.2. The summed E-state index contributed by atoms with van der Waals surface area (Å²) in [5.41, 5.74) is 11.1. The van der Waals surface area contributed by atoms with Gasteiger partial charge in [-0.1, -0.05) is 121 Å². The van der Waals surface area contributed by atoms with Crippen LogP contribution < -0.4 is 0 Å². The molecule has 0 saturated heterocycles. The van der Waals surface area contributed by atoms with Crippen LogP contribution in [-0.2, 0) is 5.41 Å². The fourth-order valence-electron chi connectivity index (χ4n) is 7.34. The SMILES string of the molecule is CC1(c2ccccc2)C(c2ccccc2)=Nc2c1ccc1c2c2ccccc2n1-c1ccc(-c2cncc3ccccc23)cc1. The Morgan fingerprint density at radius 1 is 0.556 bits per heavy atom. The van der Waals surface area contributed by atoms with Gasteiger partial charge in [0.15, 0.2) is 0 Å². The average Bonchev–Trinajstić information content (AvgIpc) is 3.61. The predicted octanol–water partition coefficient (Wildman–Crippen LogP) is 10.4. The summed E-state index contributed by atoms with van der Waals surface area (Å²) in [5, 5.41) is 4.76. The number of aliphatic imine (C=N–C) groups is 1. The molecule has 0 bridgehead atoms. The van der Waals surface area contributed by atoms with Crippen molar-refractivity contribution < 1.29 is 0 Å². The average molecular weight is 576 g/mol. The lowest BCUT2D eigenvalue weighted by atomic mass is 9.71. The van der Waals surface area contributed by atoms with E-state index in [2.05, 4.69) is 162 Å². The molecule has 1 aliphatic heterocycles. The zero-order chi connectivity index (χ0) is 30.0. The monoisotopic (exact) mass is 575 g/mol. The maximum atomic E-state index is 5.52. The molecular formula is C42H29N3. The van der Waals surface area contributed by atoms with Gasteiger partial charge in [-0.25, -0.2) is 0 Å². The smallest absolute Gasteiger partial charge is 0.0779 e. The van der Waals surface area contributed by atoms with Crippen molar-refractivity contribution >= 4 is 44.0 Å². The van der Waals surface area contributed by atoms with Crippen LogP contribution in [0.3, 0.4) is 0 Å². The Kier molecular flexibility index (Phi) is 5.63. The van der Waals surface area contributed by atoms with Crippen LogP contribution in [0.15, 0.2) is 163 Å². The van der Waals surface area contributed by atoms with Gasteiger partial charge in [0.05, 0.1) is 27.8 Å². The fourth-order valence-corrected chi connectivity index (χ4v) is 7.34. The Balaban J connectivity index is 1.27. The van der Waals surface area contributed by atoms with E-state index in [0.717, 1.165) is 44.7 Å². The molecule has 0 aliphatic carbocycles. The highest BCUT2D eigenvalue weighted by Crippen LogP contribution is 2.51. The van der Waals surface area contributed by atoms with E-state index in [-0.39, 0.29) is 5.41 Å². The first-order valence-electron chi connectivity index (χ1n) is 15.4. The van der Waals surface area contributed by atoms with Crippen molar-refractivity contribution in [3.8, 4) is 16.8 Å². The second-order valence-electron chi connectivity index (χ2n) is 12.0. The van der Waals surface area contributed by atoms with E-state index < -0.39 is 0 Å². The molecular weight excluding hydrogens is 546 g/mol. The molecule has 0 saturated carbocycles. The third-order valence-electron chi connectivity index (χ3n) is 9.55. The number of benzene rings is 6. The summed E-state index contributed by atoms with van der Waals surface area (Å²) in [6.07, 6.45) is 3.89. The Morgan fingerprint density at radius 2 is 1.24 bits per heavy atom. The summed E-state index contributed by atoms with van der Waals surface area (Å²) in [4.78, 5) is 10.0. The van der Waals surface area contributed by atoms with Crippen LogP contribution in [0.1, 0.15) is 23.6 Å². The molecule has 2 aromatic heterocycles. The van der Waals surface area contributed by atoms with Gasteiger partial charge >= 0.3 is 0 Å². The van der Waals surface area contributed by atoms with Gasteiger partial charge in [-0.3, -0.25) is 9.98 Å². The molecule has 8 aromatic rings. The predicted molar refractivity (Wildman–Crippen MR) is 187 cm³/mol. The van der Waals surface area contributed by atoms with E-state index in [9.17, 15) is 0 Å². The van der Waals surface area contributed by atoms with Crippen LogP contribution in [0.4, 0.5) is 5.69 Å². The third kappa shape index (κ3) is 3.77. The molecule has 0 N–H and O–H groups in total. The van der Waals surface area contributed by atoms with Crippen molar-refractivity contribution in [1.29, 1.82) is 0 Å². The van der Waals surface area contributed by atoms with Gasteiger partial charge in [0.25, 0.3) is 0 Å². The Labute approximate surface area is 261 Å².